The molecule has 12 heteroatoms. The van der Waals surface area contributed by atoms with Gasteiger partial charge in [0.25, 0.3) is 11.8 Å². The number of hydrogen-bond donors (Lipinski definition) is 1. The Balaban J connectivity index is 1.18. The lowest BCUT2D eigenvalue weighted by atomic mass is 9.97. The summed E-state index contributed by atoms with van der Waals surface area (Å²) in [5, 5.41) is 11.8. The topological polar surface area (TPSA) is 127 Å². The number of anilines is 1. The number of amides is 3. The maximum Gasteiger partial charge on any atom is 0.410 e. The molecule has 0 saturated carbocycles. The van der Waals surface area contributed by atoms with E-state index in [0.29, 0.717) is 38.4 Å². The van der Waals surface area contributed by atoms with Crippen molar-refractivity contribution < 1.29 is 19.1 Å². The molecule has 12 nitrogen and oxygen atoms in total. The molecule has 3 aromatic rings. The number of likely N-dealkylation sites (N-methyl/N-ethyl adjacent to an activating group) is 1. The van der Waals surface area contributed by atoms with Crippen molar-refractivity contribution in [3.05, 3.63) is 59.8 Å². The molecule has 3 amide bonds. The SMILES string of the molecule is CN1C(=O)[C@@H](NC(=O)c2ncn(Cc3ccccc3)n2)CCn2nc(C3CN(C(=O)OC(C)(C)C)C3)cc21. The number of carbonyl (C=O) groups is 3. The van der Waals surface area contributed by atoms with E-state index in [0.717, 1.165) is 11.3 Å². The van der Waals surface area contributed by atoms with Crippen molar-refractivity contribution in [1.82, 2.24) is 34.8 Å². The lowest BCUT2D eigenvalue weighted by Gasteiger charge is -2.38. The van der Waals surface area contributed by atoms with Crippen molar-refractivity contribution in [2.75, 3.05) is 25.0 Å². The summed E-state index contributed by atoms with van der Waals surface area (Å²) in [4.78, 5) is 45.6. The van der Waals surface area contributed by atoms with E-state index in [-0.39, 0.29) is 23.7 Å². The van der Waals surface area contributed by atoms with Crippen molar-refractivity contribution in [1.29, 1.82) is 0 Å². The van der Waals surface area contributed by atoms with Gasteiger partial charge >= 0.3 is 6.09 Å². The molecule has 1 atom stereocenters. The van der Waals surface area contributed by atoms with Gasteiger partial charge in [0.1, 0.15) is 23.8 Å². The smallest absolute Gasteiger partial charge is 0.410 e. The Hall–Kier alpha value is -4.22. The molecule has 1 aromatic carbocycles. The first-order valence-corrected chi connectivity index (χ1v) is 12.6. The number of hydrogen-bond acceptors (Lipinski definition) is 7. The Morgan fingerprint density at radius 3 is 2.58 bits per heavy atom. The van der Waals surface area contributed by atoms with Gasteiger partial charge < -0.3 is 15.0 Å². The highest BCUT2D eigenvalue weighted by Crippen LogP contribution is 2.31. The van der Waals surface area contributed by atoms with E-state index < -0.39 is 17.6 Å². The Morgan fingerprint density at radius 1 is 1.13 bits per heavy atom. The van der Waals surface area contributed by atoms with Crippen molar-refractivity contribution in [3.63, 3.8) is 0 Å². The predicted octanol–water partition coefficient (Wildman–Crippen LogP) is 2.02. The minimum Gasteiger partial charge on any atom is -0.444 e. The number of benzene rings is 1. The minimum atomic E-state index is -0.731. The van der Waals surface area contributed by atoms with E-state index in [1.165, 1.54) is 11.2 Å². The highest BCUT2D eigenvalue weighted by atomic mass is 16.6. The fourth-order valence-electron chi connectivity index (χ4n) is 4.53. The summed E-state index contributed by atoms with van der Waals surface area (Å²) in [6, 6.07) is 10.9. The number of carbonyl (C=O) groups excluding carboxylic acids is 3. The minimum absolute atomic E-state index is 0.0141. The van der Waals surface area contributed by atoms with Crippen LogP contribution in [0, 0.1) is 0 Å². The predicted molar refractivity (Wildman–Crippen MR) is 138 cm³/mol. The third-order valence-electron chi connectivity index (χ3n) is 6.56. The van der Waals surface area contributed by atoms with Gasteiger partial charge in [0.15, 0.2) is 0 Å². The van der Waals surface area contributed by atoms with Crippen LogP contribution in [0.4, 0.5) is 10.6 Å². The van der Waals surface area contributed by atoms with E-state index in [9.17, 15) is 14.4 Å². The summed E-state index contributed by atoms with van der Waals surface area (Å²) < 4.78 is 8.79. The number of likely N-dealkylation sites (tertiary alicyclic amines) is 1. The van der Waals surface area contributed by atoms with Gasteiger partial charge in [0, 0.05) is 38.7 Å². The molecule has 1 N–H and O–H groups in total. The maximum atomic E-state index is 13.2. The molecule has 0 radical (unpaired) electrons. The van der Waals surface area contributed by atoms with Crippen molar-refractivity contribution in [3.8, 4) is 0 Å². The molecule has 1 fully saturated rings. The van der Waals surface area contributed by atoms with Crippen LogP contribution in [0.25, 0.3) is 0 Å². The molecule has 2 aromatic heterocycles. The van der Waals surface area contributed by atoms with Gasteiger partial charge in [-0.1, -0.05) is 30.3 Å². The van der Waals surface area contributed by atoms with E-state index in [1.54, 1.807) is 21.3 Å². The van der Waals surface area contributed by atoms with Gasteiger partial charge in [-0.25, -0.2) is 19.1 Å². The molecular weight excluding hydrogens is 488 g/mol. The summed E-state index contributed by atoms with van der Waals surface area (Å²) in [6.45, 7) is 7.50. The maximum absolute atomic E-state index is 13.2. The fourth-order valence-corrected chi connectivity index (χ4v) is 4.53. The highest BCUT2D eigenvalue weighted by Gasteiger charge is 2.38. The second-order valence-electron chi connectivity index (χ2n) is 10.7. The largest absolute Gasteiger partial charge is 0.444 e. The zero-order valence-corrected chi connectivity index (χ0v) is 22.0. The summed E-state index contributed by atoms with van der Waals surface area (Å²) >= 11 is 0. The van der Waals surface area contributed by atoms with Crippen LogP contribution in [-0.2, 0) is 22.6 Å². The first kappa shape index (κ1) is 25.4. The first-order valence-electron chi connectivity index (χ1n) is 12.6. The molecule has 5 rings (SSSR count). The Morgan fingerprint density at radius 2 is 1.87 bits per heavy atom. The zero-order chi connectivity index (χ0) is 27.0. The Bertz CT molecular complexity index is 1340. The van der Waals surface area contributed by atoms with Gasteiger partial charge in [-0.05, 0) is 32.8 Å². The third-order valence-corrected chi connectivity index (χ3v) is 6.56. The number of nitrogens with zero attached hydrogens (tertiary/aromatic N) is 7. The average Bonchev–Trinajstić information content (AvgIpc) is 3.44. The van der Waals surface area contributed by atoms with Gasteiger partial charge in [0.05, 0.1) is 12.2 Å². The molecule has 38 heavy (non-hydrogen) atoms. The molecule has 0 spiro atoms. The molecule has 0 aliphatic carbocycles. The summed E-state index contributed by atoms with van der Waals surface area (Å²) in [5.41, 5.74) is 1.33. The molecule has 4 heterocycles. The van der Waals surface area contributed by atoms with E-state index in [4.69, 9.17) is 9.84 Å². The molecule has 0 bridgehead atoms. The lowest BCUT2D eigenvalue weighted by molar-refractivity contribution is -0.120. The number of ether oxygens (including phenoxy) is 1. The average molecular weight is 521 g/mol. The van der Waals surface area contributed by atoms with E-state index >= 15 is 0 Å². The monoisotopic (exact) mass is 520 g/mol. The van der Waals surface area contributed by atoms with Crippen LogP contribution >= 0.6 is 0 Å². The standard InChI is InChI=1S/C26H32N8O4/c1-26(2,3)38-25(37)32-14-18(15-32)20-12-21-31(4)24(36)19(10-11-34(21)29-20)28-23(35)22-27-16-33(30-22)13-17-8-6-5-7-9-17/h5-9,12,16,18-19H,10-11,13-15H2,1-4H3,(H,28,35)/t19-/m0/s1. The molecule has 200 valence electrons. The lowest BCUT2D eigenvalue weighted by Crippen LogP contribution is -2.50. The highest BCUT2D eigenvalue weighted by molar-refractivity contribution is 6.00. The number of rotatable bonds is 5. The Kier molecular flexibility index (Phi) is 6.64. The van der Waals surface area contributed by atoms with Crippen LogP contribution in [0.5, 0.6) is 0 Å². The molecular formula is C26H32N8O4. The normalized spacial score (nSPS) is 18.0. The van der Waals surface area contributed by atoms with Crippen LogP contribution in [0.1, 0.15) is 55.0 Å². The zero-order valence-electron chi connectivity index (χ0n) is 22.0. The van der Waals surface area contributed by atoms with Crippen LogP contribution in [0.15, 0.2) is 42.7 Å². The third kappa shape index (κ3) is 5.38. The molecule has 0 unspecified atom stereocenters. The summed E-state index contributed by atoms with van der Waals surface area (Å²) in [7, 11) is 1.67. The van der Waals surface area contributed by atoms with Crippen LogP contribution in [0.3, 0.4) is 0 Å². The van der Waals surface area contributed by atoms with Gasteiger partial charge in [-0.2, -0.15) is 5.10 Å². The fraction of sp³-hybridized carbons (Fsp3) is 0.462. The van der Waals surface area contributed by atoms with Crippen LogP contribution in [0.2, 0.25) is 0 Å². The molecule has 2 aliphatic heterocycles. The van der Waals surface area contributed by atoms with Crippen LogP contribution < -0.4 is 10.2 Å². The van der Waals surface area contributed by atoms with Crippen LogP contribution in [-0.4, -0.2) is 79.1 Å². The second-order valence-corrected chi connectivity index (χ2v) is 10.7. The number of aromatic nitrogens is 5. The number of nitrogens with one attached hydrogen (secondary N) is 1. The number of fused-ring (bicyclic) bond motifs is 1. The Labute approximate surface area is 220 Å². The molecule has 2 aliphatic rings. The summed E-state index contributed by atoms with van der Waals surface area (Å²) in [6.07, 6.45) is 1.55. The van der Waals surface area contributed by atoms with Crippen molar-refractivity contribution in [2.45, 2.75) is 57.8 Å². The quantitative estimate of drug-likeness (QED) is 0.545. The van der Waals surface area contributed by atoms with Gasteiger partial charge in [-0.3, -0.25) is 14.5 Å². The van der Waals surface area contributed by atoms with E-state index in [2.05, 4.69) is 15.4 Å². The van der Waals surface area contributed by atoms with Gasteiger partial charge in [0.2, 0.25) is 5.82 Å². The number of aryl methyl sites for hydroxylation is 1. The second kappa shape index (κ2) is 9.92. The molecule has 1 saturated heterocycles. The first-order chi connectivity index (χ1) is 18.1. The summed E-state index contributed by atoms with van der Waals surface area (Å²) in [5.74, 6) is 0.0117. The van der Waals surface area contributed by atoms with Crippen molar-refractivity contribution >= 4 is 23.7 Å². The van der Waals surface area contributed by atoms with Crippen molar-refractivity contribution in [2.24, 2.45) is 0 Å². The van der Waals surface area contributed by atoms with Gasteiger partial charge in [-0.15, -0.1) is 5.10 Å². The van der Waals surface area contributed by atoms with E-state index in [1.807, 2.05) is 57.2 Å².